The second-order valence-electron chi connectivity index (χ2n) is 3.82. The van der Waals surface area contributed by atoms with Crippen LogP contribution in [-0.4, -0.2) is 46.8 Å². The van der Waals surface area contributed by atoms with Crippen molar-refractivity contribution in [2.24, 2.45) is 0 Å². The third-order valence-electron chi connectivity index (χ3n) is 2.35. The molecule has 0 amide bonds. The average molecular weight is 300 g/mol. The molecule has 5 nitrogen and oxygen atoms in total. The number of hydrogen-bond acceptors (Lipinski definition) is 5. The summed E-state index contributed by atoms with van der Waals surface area (Å²) in [5.41, 5.74) is 0.417. The Labute approximate surface area is 124 Å². The maximum Gasteiger partial charge on any atom is 0.137 e. The van der Waals surface area contributed by atoms with Crippen LogP contribution in [0.1, 0.15) is 5.56 Å². The molecule has 1 aromatic carbocycles. The van der Waals surface area contributed by atoms with Crippen molar-refractivity contribution in [3.8, 4) is 11.8 Å². The summed E-state index contributed by atoms with van der Waals surface area (Å²) in [6, 6.07) is 6.96. The zero-order valence-corrected chi connectivity index (χ0v) is 12.2. The number of halogens is 1. The van der Waals surface area contributed by atoms with Gasteiger partial charge in [0.1, 0.15) is 18.4 Å². The van der Waals surface area contributed by atoms with Crippen LogP contribution in [0.15, 0.2) is 18.2 Å². The fourth-order valence-corrected chi connectivity index (χ4v) is 1.56. The van der Waals surface area contributed by atoms with Gasteiger partial charge in [-0.1, -0.05) is 11.6 Å². The van der Waals surface area contributed by atoms with Gasteiger partial charge < -0.3 is 18.9 Å². The molecule has 0 spiro atoms. The van der Waals surface area contributed by atoms with Crippen molar-refractivity contribution in [3.63, 3.8) is 0 Å². The highest BCUT2D eigenvalue weighted by atomic mass is 35.5. The second-order valence-corrected chi connectivity index (χ2v) is 4.25. The summed E-state index contributed by atoms with van der Waals surface area (Å²) in [5.74, 6) is 0.511. The fraction of sp³-hybridized carbons (Fsp3) is 0.500. The molecule has 1 aromatic rings. The molecule has 0 atom stereocenters. The Hall–Kier alpha value is -1.32. The molecule has 20 heavy (non-hydrogen) atoms. The largest absolute Gasteiger partial charge is 0.490 e. The van der Waals surface area contributed by atoms with E-state index in [4.69, 9.17) is 35.8 Å². The number of hydrogen-bond donors (Lipinski definition) is 0. The molecule has 0 unspecified atom stereocenters. The van der Waals surface area contributed by atoms with Crippen molar-refractivity contribution < 1.29 is 18.9 Å². The van der Waals surface area contributed by atoms with Gasteiger partial charge in [-0.05, 0) is 18.2 Å². The van der Waals surface area contributed by atoms with Crippen LogP contribution in [0.3, 0.4) is 0 Å². The first-order chi connectivity index (χ1) is 9.77. The second kappa shape index (κ2) is 10.5. The Bertz CT molecular complexity index is 434. The predicted octanol–water partition coefficient (Wildman–Crippen LogP) is 2.27. The summed E-state index contributed by atoms with van der Waals surface area (Å²) < 4.78 is 20.9. The molecule has 0 heterocycles. The van der Waals surface area contributed by atoms with Gasteiger partial charge in [-0.25, -0.2) is 0 Å². The molecule has 0 N–H and O–H groups in total. The molecule has 0 aliphatic heterocycles. The van der Waals surface area contributed by atoms with Crippen LogP contribution in [0.5, 0.6) is 5.75 Å². The molecule has 1 rings (SSSR count). The van der Waals surface area contributed by atoms with Gasteiger partial charge in [-0.2, -0.15) is 5.26 Å². The third kappa shape index (κ3) is 6.73. The summed E-state index contributed by atoms with van der Waals surface area (Å²) in [4.78, 5) is 0. The number of ether oxygens (including phenoxy) is 4. The summed E-state index contributed by atoms with van der Waals surface area (Å²) in [6.07, 6.45) is 0. The molecule has 0 radical (unpaired) electrons. The first-order valence-corrected chi connectivity index (χ1v) is 6.62. The maximum absolute atomic E-state index is 8.94. The highest BCUT2D eigenvalue weighted by molar-refractivity contribution is 6.30. The molecule has 0 bridgehead atoms. The Balaban J connectivity index is 2.11. The Morgan fingerprint density at radius 3 is 2.35 bits per heavy atom. The van der Waals surface area contributed by atoms with E-state index in [2.05, 4.69) is 0 Å². The van der Waals surface area contributed by atoms with E-state index in [9.17, 15) is 0 Å². The monoisotopic (exact) mass is 299 g/mol. The normalized spacial score (nSPS) is 10.2. The van der Waals surface area contributed by atoms with E-state index in [-0.39, 0.29) is 0 Å². The van der Waals surface area contributed by atoms with Crippen molar-refractivity contribution in [3.05, 3.63) is 28.8 Å². The van der Waals surface area contributed by atoms with E-state index >= 15 is 0 Å². The number of methoxy groups -OCH3 is 1. The van der Waals surface area contributed by atoms with Gasteiger partial charge in [0, 0.05) is 12.1 Å². The van der Waals surface area contributed by atoms with Crippen molar-refractivity contribution in [2.75, 3.05) is 46.8 Å². The van der Waals surface area contributed by atoms with Gasteiger partial charge in [0.05, 0.1) is 38.6 Å². The first-order valence-electron chi connectivity index (χ1n) is 6.25. The molecule has 110 valence electrons. The molecule has 0 saturated carbocycles. The minimum absolute atomic E-state index is 0.369. The first kappa shape index (κ1) is 16.7. The quantitative estimate of drug-likeness (QED) is 0.620. The molecule has 0 saturated heterocycles. The molecule has 0 fully saturated rings. The molecular weight excluding hydrogens is 282 g/mol. The van der Waals surface area contributed by atoms with E-state index in [1.165, 1.54) is 0 Å². The minimum Gasteiger partial charge on any atom is -0.490 e. The van der Waals surface area contributed by atoms with E-state index in [0.717, 1.165) is 0 Å². The van der Waals surface area contributed by atoms with Crippen molar-refractivity contribution in [1.82, 2.24) is 0 Å². The van der Waals surface area contributed by atoms with Crippen LogP contribution < -0.4 is 4.74 Å². The number of nitrogens with zero attached hydrogens (tertiary/aromatic N) is 1. The summed E-state index contributed by atoms with van der Waals surface area (Å²) in [6.45, 7) is 2.96. The standard InChI is InChI=1S/C14H18ClNO4/c1-17-4-5-18-6-7-19-8-9-20-14-3-2-13(15)10-12(14)11-16/h2-3,10H,4-9H2,1H3. The van der Waals surface area contributed by atoms with Crippen molar-refractivity contribution in [1.29, 1.82) is 5.26 Å². The van der Waals surface area contributed by atoms with Gasteiger partial charge in [0.2, 0.25) is 0 Å². The predicted molar refractivity (Wildman–Crippen MR) is 75.2 cm³/mol. The highest BCUT2D eigenvalue weighted by Gasteiger charge is 2.03. The van der Waals surface area contributed by atoms with Crippen LogP contribution in [0.25, 0.3) is 0 Å². The Morgan fingerprint density at radius 2 is 1.70 bits per heavy atom. The lowest BCUT2D eigenvalue weighted by molar-refractivity contribution is 0.0179. The maximum atomic E-state index is 8.94. The van der Waals surface area contributed by atoms with Crippen LogP contribution in [-0.2, 0) is 14.2 Å². The lowest BCUT2D eigenvalue weighted by Crippen LogP contribution is -2.12. The molecule has 0 aliphatic carbocycles. The zero-order valence-electron chi connectivity index (χ0n) is 11.4. The van der Waals surface area contributed by atoms with Gasteiger partial charge in [0.15, 0.2) is 0 Å². The molecular formula is C14H18ClNO4. The lowest BCUT2D eigenvalue weighted by Gasteiger charge is -2.09. The van der Waals surface area contributed by atoms with Gasteiger partial charge in [-0.3, -0.25) is 0 Å². The highest BCUT2D eigenvalue weighted by Crippen LogP contribution is 2.21. The average Bonchev–Trinajstić information content (AvgIpc) is 2.46. The molecule has 0 aromatic heterocycles. The summed E-state index contributed by atoms with van der Waals surface area (Å²) in [7, 11) is 1.63. The SMILES string of the molecule is COCCOCCOCCOc1ccc(Cl)cc1C#N. The van der Waals surface area contributed by atoms with Gasteiger partial charge >= 0.3 is 0 Å². The Kier molecular flexibility index (Phi) is 8.76. The summed E-state index contributed by atoms with van der Waals surface area (Å²) >= 11 is 5.80. The van der Waals surface area contributed by atoms with Crippen LogP contribution >= 0.6 is 11.6 Å². The lowest BCUT2D eigenvalue weighted by atomic mass is 10.2. The fourth-order valence-electron chi connectivity index (χ4n) is 1.39. The minimum atomic E-state index is 0.369. The topological polar surface area (TPSA) is 60.7 Å². The van der Waals surface area contributed by atoms with E-state index in [0.29, 0.717) is 56.0 Å². The molecule has 6 heteroatoms. The molecule has 0 aliphatic rings. The number of rotatable bonds is 10. The number of benzene rings is 1. The van der Waals surface area contributed by atoms with Gasteiger partial charge in [0.25, 0.3) is 0 Å². The third-order valence-corrected chi connectivity index (χ3v) is 2.59. The van der Waals surface area contributed by atoms with Crippen LogP contribution in [0.4, 0.5) is 0 Å². The smallest absolute Gasteiger partial charge is 0.137 e. The van der Waals surface area contributed by atoms with E-state index in [1.807, 2.05) is 6.07 Å². The summed E-state index contributed by atoms with van der Waals surface area (Å²) in [5, 5.41) is 9.45. The number of nitriles is 1. The van der Waals surface area contributed by atoms with E-state index < -0.39 is 0 Å². The zero-order chi connectivity index (χ0) is 14.6. The Morgan fingerprint density at radius 1 is 1.05 bits per heavy atom. The van der Waals surface area contributed by atoms with Crippen LogP contribution in [0.2, 0.25) is 5.02 Å². The van der Waals surface area contributed by atoms with Crippen molar-refractivity contribution in [2.45, 2.75) is 0 Å². The van der Waals surface area contributed by atoms with Gasteiger partial charge in [-0.15, -0.1) is 0 Å². The van der Waals surface area contributed by atoms with E-state index in [1.54, 1.807) is 25.3 Å². The van der Waals surface area contributed by atoms with Crippen molar-refractivity contribution >= 4 is 11.6 Å². The van der Waals surface area contributed by atoms with Crippen LogP contribution in [0, 0.1) is 11.3 Å².